The number of halogens is 2. The third-order valence-electron chi connectivity index (χ3n) is 8.89. The zero-order valence-corrected chi connectivity index (χ0v) is 27.7. The maximum absolute atomic E-state index is 14.0. The molecule has 4 heterocycles. The van der Waals surface area contributed by atoms with Crippen molar-refractivity contribution in [2.24, 2.45) is 4.99 Å². The minimum absolute atomic E-state index is 0.0716. The number of carbonyl (C=O) groups is 3. The highest BCUT2D eigenvalue weighted by atomic mass is 35.5. The van der Waals surface area contributed by atoms with E-state index in [1.165, 1.54) is 36.6 Å². The van der Waals surface area contributed by atoms with Gasteiger partial charge in [-0.2, -0.15) is 0 Å². The smallest absolute Gasteiger partial charge is 0.338 e. The number of methoxy groups -OCH3 is 1. The lowest BCUT2D eigenvalue weighted by atomic mass is 9.95. The van der Waals surface area contributed by atoms with Crippen molar-refractivity contribution in [3.8, 4) is 11.1 Å². The quantitative estimate of drug-likeness (QED) is 0.233. The first kappa shape index (κ1) is 32.4. The molecule has 1 unspecified atom stereocenters. The van der Waals surface area contributed by atoms with Gasteiger partial charge in [0.05, 0.1) is 24.3 Å². The van der Waals surface area contributed by atoms with Gasteiger partial charge in [0.1, 0.15) is 11.9 Å². The summed E-state index contributed by atoms with van der Waals surface area (Å²) in [6, 6.07) is 17.3. The Balaban J connectivity index is 1.11. The van der Waals surface area contributed by atoms with Gasteiger partial charge in [-0.25, -0.2) is 23.8 Å². The number of urea groups is 1. The maximum atomic E-state index is 14.0. The van der Waals surface area contributed by atoms with Gasteiger partial charge in [-0.15, -0.1) is 11.3 Å². The molecule has 0 radical (unpaired) electrons. The van der Waals surface area contributed by atoms with E-state index < -0.39 is 23.8 Å². The number of rotatable bonds is 8. The highest BCUT2D eigenvalue weighted by Crippen LogP contribution is 2.37. The lowest BCUT2D eigenvalue weighted by Crippen LogP contribution is -2.53. The van der Waals surface area contributed by atoms with Crippen LogP contribution in [0.25, 0.3) is 11.1 Å². The van der Waals surface area contributed by atoms with E-state index in [9.17, 15) is 23.9 Å². The van der Waals surface area contributed by atoms with Crippen LogP contribution in [-0.2, 0) is 9.53 Å². The molecular weight excluding hydrogens is 671 g/mol. The van der Waals surface area contributed by atoms with E-state index in [1.807, 2.05) is 34.5 Å². The first-order chi connectivity index (χ1) is 23.7. The number of piperazine rings is 1. The van der Waals surface area contributed by atoms with Crippen molar-refractivity contribution in [1.82, 2.24) is 20.1 Å². The molecule has 14 heteroatoms. The molecule has 7 rings (SSSR count). The van der Waals surface area contributed by atoms with Crippen LogP contribution in [0.4, 0.5) is 14.9 Å². The molecule has 49 heavy (non-hydrogen) atoms. The van der Waals surface area contributed by atoms with Crippen LogP contribution < -0.4 is 10.2 Å². The Morgan fingerprint density at radius 3 is 2.45 bits per heavy atom. The molecule has 3 aromatic carbocycles. The Morgan fingerprint density at radius 2 is 1.80 bits per heavy atom. The number of amides is 2. The van der Waals surface area contributed by atoms with Crippen LogP contribution in [0, 0.1) is 5.82 Å². The fourth-order valence-corrected chi connectivity index (χ4v) is 7.32. The number of esters is 1. The molecule has 0 bridgehead atoms. The first-order valence-corrected chi connectivity index (χ1v) is 16.7. The van der Waals surface area contributed by atoms with Gasteiger partial charge in [-0.3, -0.25) is 14.8 Å². The van der Waals surface area contributed by atoms with Crippen molar-refractivity contribution in [3.05, 3.63) is 117 Å². The fraction of sp³-hybridized carbons (Fsp3) is 0.229. The molecule has 1 aromatic heterocycles. The summed E-state index contributed by atoms with van der Waals surface area (Å²) in [6.07, 6.45) is 1.66. The van der Waals surface area contributed by atoms with Crippen LogP contribution in [0.15, 0.2) is 94.6 Å². The molecule has 0 saturated carbocycles. The minimum Gasteiger partial charge on any atom is -0.478 e. The second kappa shape index (κ2) is 13.4. The zero-order chi connectivity index (χ0) is 34.2. The van der Waals surface area contributed by atoms with Crippen LogP contribution in [0.2, 0.25) is 5.02 Å². The maximum Gasteiger partial charge on any atom is 0.338 e. The summed E-state index contributed by atoms with van der Waals surface area (Å²) in [6.45, 7) is 2.43. The molecule has 2 saturated heterocycles. The van der Waals surface area contributed by atoms with E-state index in [0.29, 0.717) is 54.8 Å². The SMILES string of the molecule is COC(=O)C1=C(CN2CCN3C(=O)N(c4ccc(-c5ccc(C(=O)O)cc5)cc4)C[C@@H]3C2)NC(c2nccs2)=NC1c1ccc(F)cc1Cl. The van der Waals surface area contributed by atoms with Crippen LogP contribution >= 0.6 is 22.9 Å². The number of carboxylic acid groups (broad SMARTS) is 1. The third-order valence-corrected chi connectivity index (χ3v) is 9.99. The molecule has 2 N–H and O–H groups in total. The number of carboxylic acids is 1. The number of benzene rings is 3. The van der Waals surface area contributed by atoms with Crippen LogP contribution in [0.5, 0.6) is 0 Å². The Morgan fingerprint density at radius 1 is 1.06 bits per heavy atom. The number of fused-ring (bicyclic) bond motifs is 1. The second-order valence-corrected chi connectivity index (χ2v) is 13.1. The Kier molecular flexibility index (Phi) is 8.88. The van der Waals surface area contributed by atoms with Gasteiger partial charge in [0, 0.05) is 66.3 Å². The molecule has 2 fully saturated rings. The number of anilines is 1. The average Bonchev–Trinajstić information content (AvgIpc) is 3.76. The predicted octanol–water partition coefficient (Wildman–Crippen LogP) is 5.45. The number of amidine groups is 1. The molecule has 4 aromatic rings. The van der Waals surface area contributed by atoms with E-state index in [2.05, 4.69) is 15.2 Å². The number of thiazole rings is 1. The Bertz CT molecular complexity index is 1990. The molecule has 0 aliphatic carbocycles. The van der Waals surface area contributed by atoms with Gasteiger partial charge >= 0.3 is 18.0 Å². The van der Waals surface area contributed by atoms with Gasteiger partial charge in [-0.05, 0) is 47.5 Å². The van der Waals surface area contributed by atoms with E-state index in [1.54, 1.807) is 35.4 Å². The number of nitrogens with zero attached hydrogens (tertiary/aromatic N) is 5. The van der Waals surface area contributed by atoms with Crippen molar-refractivity contribution in [2.75, 3.05) is 44.7 Å². The molecule has 250 valence electrons. The van der Waals surface area contributed by atoms with Gasteiger partial charge in [-0.1, -0.05) is 41.9 Å². The molecule has 0 spiro atoms. The second-order valence-electron chi connectivity index (χ2n) is 11.8. The molecule has 3 aliphatic rings. The summed E-state index contributed by atoms with van der Waals surface area (Å²) >= 11 is 7.88. The standard InChI is InChI=1S/C35H30ClFN6O5S/c1-48-34(46)29-28(39-31(32-38-12-15-49-32)40-30(29)26-11-8-23(37)16-27(26)36)19-41-13-14-42-25(17-41)18-43(35(42)47)24-9-6-21(7-10-24)20-2-4-22(5-3-20)33(44)45/h2-12,15-16,25,30H,13-14,17-19H2,1H3,(H,39,40)(H,44,45)/t25-,30?/m0/s1. The number of ether oxygens (including phenoxy) is 1. The summed E-state index contributed by atoms with van der Waals surface area (Å²) in [5.74, 6) is -1.60. The molecule has 2 amide bonds. The minimum atomic E-state index is -0.978. The van der Waals surface area contributed by atoms with E-state index in [0.717, 1.165) is 16.8 Å². The van der Waals surface area contributed by atoms with Crippen LogP contribution in [-0.4, -0.2) is 89.6 Å². The molecule has 11 nitrogen and oxygen atoms in total. The normalized spacial score (nSPS) is 19.4. The van der Waals surface area contributed by atoms with Gasteiger partial charge in [0.2, 0.25) is 0 Å². The van der Waals surface area contributed by atoms with Crippen LogP contribution in [0.3, 0.4) is 0 Å². The van der Waals surface area contributed by atoms with Crippen LogP contribution in [0.1, 0.15) is 27.0 Å². The number of hydrogen-bond acceptors (Lipinski definition) is 9. The van der Waals surface area contributed by atoms with Crippen molar-refractivity contribution in [2.45, 2.75) is 12.1 Å². The monoisotopic (exact) mass is 700 g/mol. The van der Waals surface area contributed by atoms with E-state index in [-0.39, 0.29) is 28.2 Å². The molecule has 3 aliphatic heterocycles. The predicted molar refractivity (Wildman–Crippen MR) is 183 cm³/mol. The summed E-state index contributed by atoms with van der Waals surface area (Å²) in [5.41, 5.74) is 4.06. The van der Waals surface area contributed by atoms with Gasteiger partial charge in [0.15, 0.2) is 10.8 Å². The molecule has 2 atom stereocenters. The van der Waals surface area contributed by atoms with E-state index in [4.69, 9.17) is 21.3 Å². The summed E-state index contributed by atoms with van der Waals surface area (Å²) in [7, 11) is 1.30. The van der Waals surface area contributed by atoms with Crippen molar-refractivity contribution >= 4 is 52.4 Å². The average molecular weight is 701 g/mol. The highest BCUT2D eigenvalue weighted by Gasteiger charge is 2.42. The number of nitrogens with one attached hydrogen (secondary N) is 1. The summed E-state index contributed by atoms with van der Waals surface area (Å²) < 4.78 is 19.2. The highest BCUT2D eigenvalue weighted by molar-refractivity contribution is 7.11. The number of aliphatic imine (C=N–C) groups is 1. The largest absolute Gasteiger partial charge is 0.478 e. The Labute approximate surface area is 289 Å². The lowest BCUT2D eigenvalue weighted by Gasteiger charge is -2.38. The van der Waals surface area contributed by atoms with Gasteiger partial charge in [0.25, 0.3) is 0 Å². The number of aromatic nitrogens is 1. The summed E-state index contributed by atoms with van der Waals surface area (Å²) in [5, 5.41) is 15.1. The van der Waals surface area contributed by atoms with Crippen molar-refractivity contribution in [1.29, 1.82) is 0 Å². The van der Waals surface area contributed by atoms with Crippen molar-refractivity contribution in [3.63, 3.8) is 0 Å². The fourth-order valence-electron chi connectivity index (χ4n) is 6.46. The van der Waals surface area contributed by atoms with Gasteiger partial charge < -0.3 is 20.1 Å². The number of aromatic carboxylic acids is 1. The first-order valence-electron chi connectivity index (χ1n) is 15.5. The number of hydrogen-bond donors (Lipinski definition) is 2. The summed E-state index contributed by atoms with van der Waals surface area (Å²) in [4.78, 5) is 53.1. The number of carbonyl (C=O) groups excluding carboxylic acids is 2. The van der Waals surface area contributed by atoms with E-state index >= 15 is 0 Å². The Hall–Kier alpha value is -5.11. The zero-order valence-electron chi connectivity index (χ0n) is 26.2. The molecular formula is C35H30ClFN6O5S. The lowest BCUT2D eigenvalue weighted by molar-refractivity contribution is -0.136. The van der Waals surface area contributed by atoms with Crippen molar-refractivity contribution < 1.29 is 28.6 Å². The third kappa shape index (κ3) is 6.40. The topological polar surface area (TPSA) is 128 Å².